The van der Waals surface area contributed by atoms with E-state index < -0.39 is 0 Å². The van der Waals surface area contributed by atoms with Crippen LogP contribution in [0.3, 0.4) is 0 Å². The molecule has 4 rings (SSSR count). The summed E-state index contributed by atoms with van der Waals surface area (Å²) >= 11 is 0. The van der Waals surface area contributed by atoms with Crippen molar-refractivity contribution in [2.24, 2.45) is 0 Å². The lowest BCUT2D eigenvalue weighted by Crippen LogP contribution is -2.26. The number of hydrogen-bond acceptors (Lipinski definition) is 2. The summed E-state index contributed by atoms with van der Waals surface area (Å²) in [6.45, 7) is 2.90. The first-order chi connectivity index (χ1) is 12.8. The molecule has 0 bridgehead atoms. The highest BCUT2D eigenvalue weighted by atomic mass is 16.5. The van der Waals surface area contributed by atoms with Crippen LogP contribution in [0.25, 0.3) is 0 Å². The maximum atomic E-state index is 5.36. The van der Waals surface area contributed by atoms with Crippen LogP contribution in [-0.2, 0) is 19.6 Å². The molecule has 1 aromatic heterocycles. The molecule has 3 aromatic rings. The van der Waals surface area contributed by atoms with E-state index in [9.17, 15) is 0 Å². The van der Waals surface area contributed by atoms with Crippen LogP contribution < -0.4 is 4.74 Å². The first-order valence-electron chi connectivity index (χ1n) is 9.37. The van der Waals surface area contributed by atoms with Gasteiger partial charge in [0.2, 0.25) is 0 Å². The van der Waals surface area contributed by atoms with Gasteiger partial charge in [-0.25, -0.2) is 0 Å². The van der Waals surface area contributed by atoms with Crippen LogP contribution >= 0.6 is 0 Å². The first-order valence-corrected chi connectivity index (χ1v) is 9.37. The summed E-state index contributed by atoms with van der Waals surface area (Å²) in [7, 11) is 1.72. The minimum absolute atomic E-state index is 0.732. The normalized spacial score (nSPS) is 13.9. The minimum Gasteiger partial charge on any atom is -0.497 e. The van der Waals surface area contributed by atoms with Gasteiger partial charge in [-0.15, -0.1) is 0 Å². The van der Waals surface area contributed by atoms with Crippen molar-refractivity contribution < 1.29 is 4.74 Å². The van der Waals surface area contributed by atoms with Gasteiger partial charge in [0.05, 0.1) is 7.11 Å². The van der Waals surface area contributed by atoms with Crippen LogP contribution in [0.2, 0.25) is 0 Å². The monoisotopic (exact) mass is 346 g/mol. The van der Waals surface area contributed by atoms with Gasteiger partial charge in [0.1, 0.15) is 5.75 Å². The molecule has 0 atom stereocenters. The fourth-order valence-corrected chi connectivity index (χ4v) is 3.49. The van der Waals surface area contributed by atoms with Gasteiger partial charge in [0.25, 0.3) is 0 Å². The molecular weight excluding hydrogens is 320 g/mol. The third-order valence-electron chi connectivity index (χ3n) is 5.07. The van der Waals surface area contributed by atoms with Crippen molar-refractivity contribution in [3.63, 3.8) is 0 Å². The molecule has 0 N–H and O–H groups in total. The second-order valence-corrected chi connectivity index (χ2v) is 7.10. The van der Waals surface area contributed by atoms with E-state index >= 15 is 0 Å². The van der Waals surface area contributed by atoms with E-state index in [1.807, 2.05) is 6.07 Å². The molecule has 26 heavy (non-hydrogen) atoms. The van der Waals surface area contributed by atoms with Crippen molar-refractivity contribution in [3.05, 3.63) is 89.7 Å². The molecule has 0 unspecified atom stereocenters. The van der Waals surface area contributed by atoms with Crippen LogP contribution in [0.1, 0.15) is 29.7 Å². The molecule has 0 radical (unpaired) electrons. The summed E-state index contributed by atoms with van der Waals surface area (Å²) in [5, 5.41) is 0. The highest BCUT2D eigenvalue weighted by Crippen LogP contribution is 2.30. The summed E-state index contributed by atoms with van der Waals surface area (Å²) in [6.07, 6.45) is 4.83. The molecule has 134 valence electrons. The van der Waals surface area contributed by atoms with Crippen molar-refractivity contribution in [1.82, 2.24) is 9.47 Å². The van der Waals surface area contributed by atoms with Crippen molar-refractivity contribution in [3.8, 4) is 5.75 Å². The molecule has 1 aliphatic carbocycles. The van der Waals surface area contributed by atoms with Gasteiger partial charge in [-0.1, -0.05) is 42.5 Å². The van der Waals surface area contributed by atoms with Crippen molar-refractivity contribution in [2.45, 2.75) is 38.5 Å². The zero-order valence-corrected chi connectivity index (χ0v) is 15.3. The van der Waals surface area contributed by atoms with Crippen LogP contribution in [0.5, 0.6) is 5.75 Å². The molecule has 3 nitrogen and oxygen atoms in total. The summed E-state index contributed by atoms with van der Waals surface area (Å²) in [4.78, 5) is 2.62. The maximum absolute atomic E-state index is 5.36. The second-order valence-electron chi connectivity index (χ2n) is 7.10. The van der Waals surface area contributed by atoms with Gasteiger partial charge in [-0.2, -0.15) is 0 Å². The van der Waals surface area contributed by atoms with Gasteiger partial charge in [-0.3, -0.25) is 4.90 Å². The van der Waals surface area contributed by atoms with Gasteiger partial charge < -0.3 is 9.30 Å². The molecule has 1 aliphatic rings. The minimum atomic E-state index is 0.732. The zero-order chi connectivity index (χ0) is 17.8. The van der Waals surface area contributed by atoms with E-state index in [0.29, 0.717) is 0 Å². The number of nitrogens with zero attached hydrogens (tertiary/aromatic N) is 2. The Morgan fingerprint density at radius 2 is 1.73 bits per heavy atom. The summed E-state index contributed by atoms with van der Waals surface area (Å²) in [5.74, 6) is 0.917. The number of ether oxygens (including phenoxy) is 1. The average Bonchev–Trinajstić information content (AvgIpc) is 3.44. The standard InChI is InChI=1S/C23H26N2O/c1-26-23-11-5-9-20(15-23)17-24-14-6-10-22(24)18-25(21-12-13-21)16-19-7-3-2-4-8-19/h2-11,14-15,21H,12-13,16-18H2,1H3. The SMILES string of the molecule is COc1cccc(Cn2cccc2CN(Cc2ccccc2)C2CC2)c1. The first kappa shape index (κ1) is 16.9. The molecule has 1 fully saturated rings. The molecule has 3 heteroatoms. The molecule has 2 aromatic carbocycles. The quantitative estimate of drug-likeness (QED) is 0.588. The average molecular weight is 346 g/mol. The van der Waals surface area contributed by atoms with E-state index in [1.54, 1.807) is 7.11 Å². The Morgan fingerprint density at radius 3 is 2.50 bits per heavy atom. The van der Waals surface area contributed by atoms with E-state index in [2.05, 4.69) is 76.3 Å². The Hall–Kier alpha value is -2.52. The predicted octanol–water partition coefficient (Wildman–Crippen LogP) is 4.71. The highest BCUT2D eigenvalue weighted by molar-refractivity contribution is 5.29. The molecule has 0 spiro atoms. The van der Waals surface area contributed by atoms with Gasteiger partial charge >= 0.3 is 0 Å². The summed E-state index contributed by atoms with van der Waals surface area (Å²) in [5.41, 5.74) is 4.03. The van der Waals surface area contributed by atoms with Crippen molar-refractivity contribution in [1.29, 1.82) is 0 Å². The van der Waals surface area contributed by atoms with Gasteiger partial charge in [0, 0.05) is 37.6 Å². The number of methoxy groups -OCH3 is 1. The van der Waals surface area contributed by atoms with E-state index in [4.69, 9.17) is 4.74 Å². The number of hydrogen-bond donors (Lipinski definition) is 0. The van der Waals surface area contributed by atoms with Crippen molar-refractivity contribution in [2.75, 3.05) is 7.11 Å². The predicted molar refractivity (Wildman–Crippen MR) is 105 cm³/mol. The van der Waals surface area contributed by atoms with Gasteiger partial charge in [-0.05, 0) is 48.2 Å². The van der Waals surface area contributed by atoms with Crippen LogP contribution in [0.15, 0.2) is 72.9 Å². The van der Waals surface area contributed by atoms with E-state index in [0.717, 1.165) is 31.4 Å². The molecule has 0 aliphatic heterocycles. The maximum Gasteiger partial charge on any atom is 0.119 e. The lowest BCUT2D eigenvalue weighted by atomic mass is 10.2. The van der Waals surface area contributed by atoms with E-state index in [1.165, 1.54) is 29.7 Å². The lowest BCUT2D eigenvalue weighted by molar-refractivity contribution is 0.240. The third kappa shape index (κ3) is 4.17. The largest absolute Gasteiger partial charge is 0.497 e. The molecule has 1 saturated carbocycles. The zero-order valence-electron chi connectivity index (χ0n) is 15.3. The number of rotatable bonds is 8. The summed E-state index contributed by atoms with van der Waals surface area (Å²) < 4.78 is 7.71. The topological polar surface area (TPSA) is 17.4 Å². The number of aromatic nitrogens is 1. The Bertz CT molecular complexity index is 836. The Kier molecular flexibility index (Phi) is 5.07. The van der Waals surface area contributed by atoms with Crippen molar-refractivity contribution >= 4 is 0 Å². The van der Waals surface area contributed by atoms with Crippen LogP contribution in [0, 0.1) is 0 Å². The van der Waals surface area contributed by atoms with Crippen LogP contribution in [-0.4, -0.2) is 22.6 Å². The second kappa shape index (κ2) is 7.79. The van der Waals surface area contributed by atoms with E-state index in [-0.39, 0.29) is 0 Å². The smallest absolute Gasteiger partial charge is 0.119 e. The lowest BCUT2D eigenvalue weighted by Gasteiger charge is -2.23. The van der Waals surface area contributed by atoms with Crippen LogP contribution in [0.4, 0.5) is 0 Å². The number of benzene rings is 2. The fraction of sp³-hybridized carbons (Fsp3) is 0.304. The molecule has 0 saturated heterocycles. The third-order valence-corrected chi connectivity index (χ3v) is 5.07. The fourth-order valence-electron chi connectivity index (χ4n) is 3.49. The summed E-state index contributed by atoms with van der Waals surface area (Å²) in [6, 6.07) is 24.3. The molecule has 1 heterocycles. The molecular formula is C23H26N2O. The Balaban J connectivity index is 1.48. The Labute approximate surface area is 155 Å². The Morgan fingerprint density at radius 1 is 0.923 bits per heavy atom. The van der Waals surface area contributed by atoms with Gasteiger partial charge in [0.15, 0.2) is 0 Å². The molecule has 0 amide bonds. The highest BCUT2D eigenvalue weighted by Gasteiger charge is 2.29.